The molecule has 2 rings (SSSR count). The van der Waals surface area contributed by atoms with Gasteiger partial charge in [-0.1, -0.05) is 0 Å². The highest BCUT2D eigenvalue weighted by Gasteiger charge is 2.23. The normalized spacial score (nSPS) is 16.0. The summed E-state index contributed by atoms with van der Waals surface area (Å²) in [7, 11) is 0. The van der Waals surface area contributed by atoms with Gasteiger partial charge in [-0.05, 0) is 0 Å². The fourth-order valence-corrected chi connectivity index (χ4v) is 1.98. The molecule has 0 bridgehead atoms. The SMILES string of the molecule is O=c1[nH]cnc2c(CNC[C@@H](O)[C@@H](O)[C@@H](O)CO)c[nH]c12. The maximum atomic E-state index is 11.5. The van der Waals surface area contributed by atoms with E-state index in [4.69, 9.17) is 5.11 Å². The van der Waals surface area contributed by atoms with E-state index in [0.717, 1.165) is 5.56 Å². The molecule has 0 saturated heterocycles. The lowest BCUT2D eigenvalue weighted by molar-refractivity contribution is -0.0750. The Morgan fingerprint density at radius 1 is 1.24 bits per heavy atom. The van der Waals surface area contributed by atoms with Crippen molar-refractivity contribution >= 4 is 11.0 Å². The minimum atomic E-state index is -1.44. The van der Waals surface area contributed by atoms with Gasteiger partial charge >= 0.3 is 0 Å². The molecule has 2 heterocycles. The van der Waals surface area contributed by atoms with E-state index in [9.17, 15) is 20.1 Å². The molecule has 0 aliphatic rings. The standard InChI is InChI=1S/C12H18N4O5/c17-4-8(19)11(20)7(18)3-13-1-6-2-14-10-9(6)15-5-16-12(10)21/h2,5,7-8,11,13-14,17-20H,1,3-4H2,(H,15,16,21)/t7-,8+,11-/m1/s1. The average molecular weight is 298 g/mol. The number of nitrogens with one attached hydrogen (secondary N) is 3. The third-order valence-corrected chi connectivity index (χ3v) is 3.19. The number of aliphatic hydroxyl groups excluding tert-OH is 4. The van der Waals surface area contributed by atoms with E-state index >= 15 is 0 Å². The molecule has 0 unspecified atom stereocenters. The van der Waals surface area contributed by atoms with E-state index in [2.05, 4.69) is 20.3 Å². The van der Waals surface area contributed by atoms with Crippen LogP contribution in [0.3, 0.4) is 0 Å². The number of hydrogen-bond donors (Lipinski definition) is 7. The molecule has 0 spiro atoms. The van der Waals surface area contributed by atoms with Gasteiger partial charge in [-0.15, -0.1) is 0 Å². The quantitative estimate of drug-likeness (QED) is 0.296. The van der Waals surface area contributed by atoms with E-state index in [1.54, 1.807) is 6.20 Å². The molecule has 0 fully saturated rings. The number of H-pyrrole nitrogens is 2. The first-order chi connectivity index (χ1) is 10.0. The number of fused-ring (bicyclic) bond motifs is 1. The molecule has 116 valence electrons. The summed E-state index contributed by atoms with van der Waals surface area (Å²) in [5.41, 5.74) is 1.36. The van der Waals surface area contributed by atoms with Crippen LogP contribution >= 0.6 is 0 Å². The highest BCUT2D eigenvalue weighted by atomic mass is 16.4. The number of aromatic amines is 2. The average Bonchev–Trinajstić information content (AvgIpc) is 2.90. The molecule has 9 nitrogen and oxygen atoms in total. The smallest absolute Gasteiger partial charge is 0.275 e. The van der Waals surface area contributed by atoms with Crippen molar-refractivity contribution in [2.45, 2.75) is 24.9 Å². The van der Waals surface area contributed by atoms with Crippen LogP contribution in [0.4, 0.5) is 0 Å². The van der Waals surface area contributed by atoms with E-state index in [-0.39, 0.29) is 12.1 Å². The van der Waals surface area contributed by atoms with Gasteiger partial charge < -0.3 is 35.7 Å². The molecule has 7 N–H and O–H groups in total. The maximum absolute atomic E-state index is 11.5. The van der Waals surface area contributed by atoms with E-state index < -0.39 is 24.9 Å². The number of nitrogens with zero attached hydrogens (tertiary/aromatic N) is 1. The lowest BCUT2D eigenvalue weighted by Gasteiger charge is -2.21. The van der Waals surface area contributed by atoms with Gasteiger partial charge in [0.05, 0.1) is 24.6 Å². The van der Waals surface area contributed by atoms with Crippen molar-refractivity contribution in [3.63, 3.8) is 0 Å². The molecule has 3 atom stereocenters. The van der Waals surface area contributed by atoms with Crippen molar-refractivity contribution in [1.82, 2.24) is 20.3 Å². The second-order valence-corrected chi connectivity index (χ2v) is 4.71. The van der Waals surface area contributed by atoms with Crippen LogP contribution in [-0.4, -0.2) is 66.8 Å². The Bertz CT molecular complexity index is 640. The largest absolute Gasteiger partial charge is 0.394 e. The summed E-state index contributed by atoms with van der Waals surface area (Å²) in [4.78, 5) is 20.8. The molecule has 0 amide bonds. The summed E-state index contributed by atoms with van der Waals surface area (Å²) >= 11 is 0. The Labute approximate surface area is 119 Å². The summed E-state index contributed by atoms with van der Waals surface area (Å²) in [5.74, 6) is 0. The van der Waals surface area contributed by atoms with Gasteiger partial charge in [0.15, 0.2) is 0 Å². The molecule has 2 aromatic rings. The summed E-state index contributed by atoms with van der Waals surface area (Å²) in [6.45, 7) is -0.309. The third kappa shape index (κ3) is 3.46. The van der Waals surface area contributed by atoms with Crippen LogP contribution in [-0.2, 0) is 6.54 Å². The molecular weight excluding hydrogens is 280 g/mol. The van der Waals surface area contributed by atoms with Crippen molar-refractivity contribution in [2.24, 2.45) is 0 Å². The zero-order chi connectivity index (χ0) is 15.4. The van der Waals surface area contributed by atoms with Crippen LogP contribution in [0.1, 0.15) is 5.56 Å². The number of aromatic nitrogens is 3. The van der Waals surface area contributed by atoms with Crippen LogP contribution < -0.4 is 10.9 Å². The first-order valence-corrected chi connectivity index (χ1v) is 6.44. The van der Waals surface area contributed by atoms with Crippen molar-refractivity contribution in [3.8, 4) is 0 Å². The Morgan fingerprint density at radius 3 is 2.71 bits per heavy atom. The van der Waals surface area contributed by atoms with Crippen molar-refractivity contribution in [2.75, 3.05) is 13.2 Å². The summed E-state index contributed by atoms with van der Waals surface area (Å²) in [6, 6.07) is 0. The predicted molar refractivity (Wildman–Crippen MR) is 73.5 cm³/mol. The lowest BCUT2D eigenvalue weighted by Crippen LogP contribution is -2.44. The highest BCUT2D eigenvalue weighted by Crippen LogP contribution is 2.11. The lowest BCUT2D eigenvalue weighted by atomic mass is 10.1. The van der Waals surface area contributed by atoms with Gasteiger partial charge in [0, 0.05) is 24.8 Å². The van der Waals surface area contributed by atoms with Gasteiger partial charge in [0.25, 0.3) is 5.56 Å². The highest BCUT2D eigenvalue weighted by molar-refractivity contribution is 5.77. The minimum Gasteiger partial charge on any atom is -0.394 e. The second-order valence-electron chi connectivity index (χ2n) is 4.71. The van der Waals surface area contributed by atoms with Gasteiger partial charge in [0.2, 0.25) is 0 Å². The molecule has 0 radical (unpaired) electrons. The van der Waals surface area contributed by atoms with Gasteiger partial charge in [-0.3, -0.25) is 4.79 Å². The first-order valence-electron chi connectivity index (χ1n) is 6.44. The van der Waals surface area contributed by atoms with Gasteiger partial charge in [0.1, 0.15) is 17.7 Å². The van der Waals surface area contributed by atoms with Crippen LogP contribution in [0.25, 0.3) is 11.0 Å². The number of hydrogen-bond acceptors (Lipinski definition) is 7. The Kier molecular flexibility index (Phi) is 5.04. The zero-order valence-corrected chi connectivity index (χ0v) is 11.2. The molecule has 21 heavy (non-hydrogen) atoms. The zero-order valence-electron chi connectivity index (χ0n) is 11.2. The Hall–Kier alpha value is -1.78. The van der Waals surface area contributed by atoms with E-state index in [1.807, 2.05) is 0 Å². The number of rotatable bonds is 7. The molecule has 0 aliphatic heterocycles. The van der Waals surface area contributed by atoms with Crippen molar-refractivity contribution in [1.29, 1.82) is 0 Å². The molecule has 0 aliphatic carbocycles. The van der Waals surface area contributed by atoms with E-state index in [1.165, 1.54) is 6.33 Å². The number of aliphatic hydroxyl groups is 4. The molecule has 0 aromatic carbocycles. The predicted octanol–water partition coefficient (Wildman–Crippen LogP) is -2.58. The van der Waals surface area contributed by atoms with Crippen LogP contribution in [0.2, 0.25) is 0 Å². The monoisotopic (exact) mass is 298 g/mol. The van der Waals surface area contributed by atoms with E-state index in [0.29, 0.717) is 17.6 Å². The molecule has 9 heteroatoms. The Morgan fingerprint density at radius 2 is 2.00 bits per heavy atom. The molecular formula is C12H18N4O5. The summed E-state index contributed by atoms with van der Waals surface area (Å²) in [5, 5.41) is 39.9. The van der Waals surface area contributed by atoms with Crippen molar-refractivity contribution < 1.29 is 20.4 Å². The fourth-order valence-electron chi connectivity index (χ4n) is 1.98. The van der Waals surface area contributed by atoms with Crippen LogP contribution in [0.15, 0.2) is 17.3 Å². The second kappa shape index (κ2) is 6.78. The molecule has 2 aromatic heterocycles. The topological polar surface area (TPSA) is 154 Å². The first kappa shape index (κ1) is 15.6. The minimum absolute atomic E-state index is 0.00803. The van der Waals surface area contributed by atoms with Gasteiger partial charge in [-0.25, -0.2) is 4.98 Å². The third-order valence-electron chi connectivity index (χ3n) is 3.19. The summed E-state index contributed by atoms with van der Waals surface area (Å²) < 4.78 is 0. The van der Waals surface area contributed by atoms with Crippen molar-refractivity contribution in [3.05, 3.63) is 28.4 Å². The van der Waals surface area contributed by atoms with Crippen LogP contribution in [0.5, 0.6) is 0 Å². The van der Waals surface area contributed by atoms with Crippen LogP contribution in [0, 0.1) is 0 Å². The maximum Gasteiger partial charge on any atom is 0.275 e. The Balaban J connectivity index is 1.94. The van der Waals surface area contributed by atoms with Gasteiger partial charge in [-0.2, -0.15) is 0 Å². The molecule has 0 saturated carbocycles. The summed E-state index contributed by atoms with van der Waals surface area (Å²) in [6.07, 6.45) is -1.13. The fraction of sp³-hybridized carbons (Fsp3) is 0.500.